The van der Waals surface area contributed by atoms with Gasteiger partial charge in [0.05, 0.1) is 12.7 Å². The van der Waals surface area contributed by atoms with Gasteiger partial charge >= 0.3 is 0 Å². The zero-order valence-corrected chi connectivity index (χ0v) is 13.3. The Labute approximate surface area is 134 Å². The van der Waals surface area contributed by atoms with E-state index in [-0.39, 0.29) is 12.5 Å². The number of carbonyl (C=O) groups is 1. The Morgan fingerprint density at radius 1 is 1.48 bits per heavy atom. The summed E-state index contributed by atoms with van der Waals surface area (Å²) in [5, 5.41) is 13.6. The van der Waals surface area contributed by atoms with Crippen LogP contribution in [-0.2, 0) is 9.53 Å². The molecule has 1 fully saturated rings. The van der Waals surface area contributed by atoms with E-state index in [1.165, 1.54) is 12.8 Å². The van der Waals surface area contributed by atoms with Crippen LogP contribution in [0.5, 0.6) is 0 Å². The van der Waals surface area contributed by atoms with Crippen molar-refractivity contribution in [3.05, 3.63) is 33.8 Å². The first-order valence-corrected chi connectivity index (χ1v) is 7.75. The molecule has 0 unspecified atom stereocenters. The third-order valence-corrected chi connectivity index (χ3v) is 4.00. The molecule has 1 saturated carbocycles. The molecule has 2 atom stereocenters. The Kier molecular flexibility index (Phi) is 5.88. The summed E-state index contributed by atoms with van der Waals surface area (Å²) in [4.78, 5) is 11.8. The van der Waals surface area contributed by atoms with E-state index in [0.29, 0.717) is 28.1 Å². The second kappa shape index (κ2) is 7.45. The van der Waals surface area contributed by atoms with Crippen molar-refractivity contribution in [2.75, 3.05) is 13.2 Å². The average molecular weight is 332 g/mol. The fourth-order valence-electron chi connectivity index (χ4n) is 1.86. The van der Waals surface area contributed by atoms with E-state index < -0.39 is 12.2 Å². The van der Waals surface area contributed by atoms with Crippen molar-refractivity contribution in [2.24, 2.45) is 5.92 Å². The smallest absolute Gasteiger partial charge is 0.248 e. The molecule has 1 aliphatic rings. The first-order chi connectivity index (χ1) is 9.97. The molecule has 0 heterocycles. The monoisotopic (exact) mass is 331 g/mol. The largest absolute Gasteiger partial charge is 0.387 e. The van der Waals surface area contributed by atoms with Crippen molar-refractivity contribution < 1.29 is 14.6 Å². The van der Waals surface area contributed by atoms with Gasteiger partial charge < -0.3 is 15.2 Å². The summed E-state index contributed by atoms with van der Waals surface area (Å²) in [7, 11) is 0. The number of halogens is 2. The molecule has 0 saturated heterocycles. The highest BCUT2D eigenvalue weighted by atomic mass is 35.5. The van der Waals surface area contributed by atoms with Gasteiger partial charge in [-0.2, -0.15) is 0 Å². The summed E-state index contributed by atoms with van der Waals surface area (Å²) in [6, 6.07) is 4.86. The van der Waals surface area contributed by atoms with Crippen LogP contribution in [0.25, 0.3) is 0 Å². The second-order valence-corrected chi connectivity index (χ2v) is 6.19. The standard InChI is InChI=1S/C15H19Cl2NO3/c1-9(21-8-10-2-3-10)15(20)18-7-14(19)12-5-4-11(16)6-13(12)17/h4-6,9-10,14,19H,2-3,7-8H2,1H3,(H,18,20)/t9-,14+/m1/s1. The van der Waals surface area contributed by atoms with Crippen LogP contribution in [0.15, 0.2) is 18.2 Å². The number of hydrogen-bond acceptors (Lipinski definition) is 3. The lowest BCUT2D eigenvalue weighted by Gasteiger charge is -2.17. The zero-order valence-electron chi connectivity index (χ0n) is 11.8. The van der Waals surface area contributed by atoms with Gasteiger partial charge in [-0.3, -0.25) is 4.79 Å². The van der Waals surface area contributed by atoms with Crippen molar-refractivity contribution in [1.82, 2.24) is 5.32 Å². The van der Waals surface area contributed by atoms with Crippen LogP contribution in [0, 0.1) is 5.92 Å². The van der Waals surface area contributed by atoms with Crippen LogP contribution in [-0.4, -0.2) is 30.3 Å². The molecule has 2 rings (SSSR count). The molecule has 2 N–H and O–H groups in total. The van der Waals surface area contributed by atoms with Crippen LogP contribution in [0.3, 0.4) is 0 Å². The Bertz CT molecular complexity index is 506. The lowest BCUT2D eigenvalue weighted by Crippen LogP contribution is -2.37. The lowest BCUT2D eigenvalue weighted by atomic mass is 10.1. The lowest BCUT2D eigenvalue weighted by molar-refractivity contribution is -0.132. The van der Waals surface area contributed by atoms with Crippen LogP contribution >= 0.6 is 23.2 Å². The molecule has 21 heavy (non-hydrogen) atoms. The summed E-state index contributed by atoms with van der Waals surface area (Å²) in [6.07, 6.45) is 0.970. The predicted octanol–water partition coefficient (Wildman–Crippen LogP) is 2.96. The van der Waals surface area contributed by atoms with Crippen molar-refractivity contribution in [3.63, 3.8) is 0 Å². The third-order valence-electron chi connectivity index (χ3n) is 3.44. The van der Waals surface area contributed by atoms with Gasteiger partial charge in [-0.1, -0.05) is 29.3 Å². The summed E-state index contributed by atoms with van der Waals surface area (Å²) in [5.41, 5.74) is 0.535. The van der Waals surface area contributed by atoms with E-state index in [2.05, 4.69) is 5.32 Å². The first kappa shape index (κ1) is 16.6. The SMILES string of the molecule is C[C@@H](OCC1CC1)C(=O)NC[C@H](O)c1ccc(Cl)cc1Cl. The minimum atomic E-state index is -0.880. The fourth-order valence-corrected chi connectivity index (χ4v) is 2.40. The van der Waals surface area contributed by atoms with E-state index in [9.17, 15) is 9.90 Å². The molecule has 0 aliphatic heterocycles. The van der Waals surface area contributed by atoms with E-state index in [1.54, 1.807) is 25.1 Å². The van der Waals surface area contributed by atoms with Crippen LogP contribution in [0.1, 0.15) is 31.4 Å². The minimum absolute atomic E-state index is 0.0807. The summed E-state index contributed by atoms with van der Waals surface area (Å²) in [6.45, 7) is 2.41. The first-order valence-electron chi connectivity index (χ1n) is 6.99. The molecular weight excluding hydrogens is 313 g/mol. The molecule has 1 amide bonds. The molecule has 1 aromatic rings. The number of ether oxygens (including phenoxy) is 1. The van der Waals surface area contributed by atoms with Crippen LogP contribution in [0.2, 0.25) is 10.0 Å². The quantitative estimate of drug-likeness (QED) is 0.807. The van der Waals surface area contributed by atoms with E-state index >= 15 is 0 Å². The van der Waals surface area contributed by atoms with Crippen LogP contribution < -0.4 is 5.32 Å². The molecule has 6 heteroatoms. The molecular formula is C15H19Cl2NO3. The number of hydrogen-bond donors (Lipinski definition) is 2. The van der Waals surface area contributed by atoms with Gasteiger partial charge in [0.2, 0.25) is 5.91 Å². The topological polar surface area (TPSA) is 58.6 Å². The highest BCUT2D eigenvalue weighted by Gasteiger charge is 2.24. The summed E-state index contributed by atoms with van der Waals surface area (Å²) in [5.74, 6) is 0.374. The maximum atomic E-state index is 11.8. The highest BCUT2D eigenvalue weighted by molar-refractivity contribution is 6.35. The van der Waals surface area contributed by atoms with Gasteiger partial charge in [0.15, 0.2) is 0 Å². The zero-order chi connectivity index (χ0) is 15.4. The third kappa shape index (κ3) is 5.15. The van der Waals surface area contributed by atoms with E-state index in [0.717, 1.165) is 0 Å². The molecule has 1 aromatic carbocycles. The predicted molar refractivity (Wildman–Crippen MR) is 82.6 cm³/mol. The number of rotatable bonds is 7. The highest BCUT2D eigenvalue weighted by Crippen LogP contribution is 2.29. The molecule has 0 bridgehead atoms. The van der Waals surface area contributed by atoms with Gasteiger partial charge in [-0.25, -0.2) is 0 Å². The molecule has 0 aromatic heterocycles. The number of amides is 1. The second-order valence-electron chi connectivity index (χ2n) is 5.35. The number of benzene rings is 1. The Morgan fingerprint density at radius 2 is 2.19 bits per heavy atom. The molecule has 116 valence electrons. The van der Waals surface area contributed by atoms with Crippen molar-refractivity contribution in [2.45, 2.75) is 32.0 Å². The summed E-state index contributed by atoms with van der Waals surface area (Å²) < 4.78 is 5.47. The van der Waals surface area contributed by atoms with Gasteiger partial charge in [0.1, 0.15) is 6.10 Å². The molecule has 0 radical (unpaired) electrons. The normalized spacial score (nSPS) is 17.3. The Hall–Kier alpha value is -0.810. The van der Waals surface area contributed by atoms with Crippen molar-refractivity contribution in [3.8, 4) is 0 Å². The van der Waals surface area contributed by atoms with Crippen molar-refractivity contribution >= 4 is 29.1 Å². The Balaban J connectivity index is 1.79. The van der Waals surface area contributed by atoms with E-state index in [4.69, 9.17) is 27.9 Å². The van der Waals surface area contributed by atoms with Gasteiger partial charge in [0.25, 0.3) is 0 Å². The van der Waals surface area contributed by atoms with Gasteiger partial charge in [-0.15, -0.1) is 0 Å². The maximum absolute atomic E-state index is 11.8. The number of nitrogens with one attached hydrogen (secondary N) is 1. The minimum Gasteiger partial charge on any atom is -0.387 e. The fraction of sp³-hybridized carbons (Fsp3) is 0.533. The molecule has 4 nitrogen and oxygen atoms in total. The van der Waals surface area contributed by atoms with Gasteiger partial charge in [0, 0.05) is 22.2 Å². The number of aliphatic hydroxyl groups is 1. The van der Waals surface area contributed by atoms with Crippen LogP contribution in [0.4, 0.5) is 0 Å². The van der Waals surface area contributed by atoms with E-state index in [1.807, 2.05) is 0 Å². The number of aliphatic hydroxyl groups excluding tert-OH is 1. The molecule has 0 spiro atoms. The number of carbonyl (C=O) groups excluding carboxylic acids is 1. The Morgan fingerprint density at radius 3 is 2.81 bits per heavy atom. The van der Waals surface area contributed by atoms with Crippen molar-refractivity contribution in [1.29, 1.82) is 0 Å². The van der Waals surface area contributed by atoms with Gasteiger partial charge in [-0.05, 0) is 37.8 Å². The molecule has 1 aliphatic carbocycles. The average Bonchev–Trinajstić information content (AvgIpc) is 3.25. The summed E-state index contributed by atoms with van der Waals surface area (Å²) >= 11 is 11.8. The maximum Gasteiger partial charge on any atom is 0.248 e.